The van der Waals surface area contributed by atoms with E-state index in [1.165, 1.54) is 7.14 Å². The highest BCUT2D eigenvalue weighted by atomic mass is 127. The largest absolute Gasteiger partial charge is 0.772 e. The van der Waals surface area contributed by atoms with Gasteiger partial charge in [0.25, 0.3) is 0 Å². The zero-order chi connectivity index (χ0) is 12.6. The average Bonchev–Trinajstić information content (AvgIpc) is 2.17. The minimum Gasteiger partial charge on any atom is -0.772 e. The summed E-state index contributed by atoms with van der Waals surface area (Å²) in [4.78, 5) is 0. The van der Waals surface area contributed by atoms with Gasteiger partial charge in [0.2, 0.25) is 0 Å². The number of nitrogens with zero attached hydrogens (tertiary/aromatic N) is 1. The monoisotopic (exact) mass is 462 g/mol. The van der Waals surface area contributed by atoms with Crippen molar-refractivity contribution in [2.45, 2.75) is 13.3 Å². The predicted molar refractivity (Wildman–Crippen MR) is 80.7 cm³/mol. The summed E-state index contributed by atoms with van der Waals surface area (Å²) in [6.45, 7) is 1.59. The molecule has 0 aliphatic heterocycles. The summed E-state index contributed by atoms with van der Waals surface area (Å²) in [5.74, 6) is 0.222. The molecule has 0 aromatic heterocycles. The van der Waals surface area contributed by atoms with Crippen molar-refractivity contribution < 1.29 is 8.76 Å². The van der Waals surface area contributed by atoms with Gasteiger partial charge in [-0.1, -0.05) is 18.0 Å². The van der Waals surface area contributed by atoms with Gasteiger partial charge in [0.15, 0.2) is 0 Å². The van der Waals surface area contributed by atoms with Crippen molar-refractivity contribution in [1.82, 2.24) is 0 Å². The summed E-state index contributed by atoms with van der Waals surface area (Å²) in [5, 5.41) is 8.45. The molecule has 0 saturated heterocycles. The SMILES string of the molecule is CCS(=O)[O-].N#CCc1cc(I)cc(I)c1. The van der Waals surface area contributed by atoms with Gasteiger partial charge >= 0.3 is 0 Å². The zero-order valence-corrected chi connectivity index (χ0v) is 13.7. The topological polar surface area (TPSA) is 63.9 Å². The Hall–Kier alpha value is 0.280. The molecular formula is C10H10I2NO2S-. The summed E-state index contributed by atoms with van der Waals surface area (Å²) < 4.78 is 21.1. The Morgan fingerprint density at radius 3 is 2.12 bits per heavy atom. The van der Waals surface area contributed by atoms with Crippen molar-refractivity contribution >= 4 is 56.3 Å². The van der Waals surface area contributed by atoms with Crippen LogP contribution in [0.15, 0.2) is 18.2 Å². The average molecular weight is 462 g/mol. The van der Waals surface area contributed by atoms with E-state index < -0.39 is 11.1 Å². The van der Waals surface area contributed by atoms with Crippen LogP contribution in [-0.4, -0.2) is 14.5 Å². The lowest BCUT2D eigenvalue weighted by Crippen LogP contribution is -1.85. The van der Waals surface area contributed by atoms with E-state index in [1.54, 1.807) is 6.92 Å². The van der Waals surface area contributed by atoms with Gasteiger partial charge in [-0.3, -0.25) is 4.21 Å². The first-order valence-corrected chi connectivity index (χ1v) is 7.77. The molecule has 0 saturated carbocycles. The van der Waals surface area contributed by atoms with Gasteiger partial charge in [-0.05, 0) is 68.9 Å². The lowest BCUT2D eigenvalue weighted by Gasteiger charge is -1.97. The van der Waals surface area contributed by atoms with Crippen LogP contribution in [0.3, 0.4) is 0 Å². The lowest BCUT2D eigenvalue weighted by molar-refractivity contribution is 0.538. The van der Waals surface area contributed by atoms with Crippen LogP contribution in [0.25, 0.3) is 0 Å². The predicted octanol–water partition coefficient (Wildman–Crippen LogP) is 2.85. The first-order chi connectivity index (χ1) is 7.49. The van der Waals surface area contributed by atoms with Gasteiger partial charge in [0.05, 0.1) is 12.5 Å². The highest BCUT2D eigenvalue weighted by Gasteiger charge is 1.95. The number of hydrogen-bond donors (Lipinski definition) is 0. The van der Waals surface area contributed by atoms with Gasteiger partial charge < -0.3 is 4.55 Å². The smallest absolute Gasteiger partial charge is 0.0669 e. The quantitative estimate of drug-likeness (QED) is 0.502. The maximum Gasteiger partial charge on any atom is 0.0669 e. The molecule has 0 N–H and O–H groups in total. The molecule has 1 rings (SSSR count). The summed E-state index contributed by atoms with van der Waals surface area (Å²) >= 11 is 2.69. The molecule has 16 heavy (non-hydrogen) atoms. The molecule has 1 aromatic carbocycles. The van der Waals surface area contributed by atoms with E-state index in [0.717, 1.165) is 5.56 Å². The maximum atomic E-state index is 9.37. The Morgan fingerprint density at radius 2 is 1.81 bits per heavy atom. The van der Waals surface area contributed by atoms with Gasteiger partial charge in [-0.25, -0.2) is 0 Å². The van der Waals surface area contributed by atoms with Crippen LogP contribution in [0.2, 0.25) is 0 Å². The Kier molecular flexibility index (Phi) is 9.49. The minimum absolute atomic E-state index is 0.222. The number of nitriles is 1. The summed E-state index contributed by atoms with van der Waals surface area (Å²) in [7, 11) is 0. The van der Waals surface area contributed by atoms with Crippen molar-refractivity contribution in [1.29, 1.82) is 5.26 Å². The van der Waals surface area contributed by atoms with Crippen LogP contribution in [0.1, 0.15) is 12.5 Å². The molecule has 0 fully saturated rings. The second kappa shape index (κ2) is 9.32. The molecule has 0 bridgehead atoms. The van der Waals surface area contributed by atoms with Crippen molar-refractivity contribution in [2.24, 2.45) is 0 Å². The van der Waals surface area contributed by atoms with Crippen molar-refractivity contribution in [2.75, 3.05) is 5.75 Å². The number of benzene rings is 1. The molecule has 1 aromatic rings. The molecule has 0 radical (unpaired) electrons. The Bertz CT molecular complexity index is 384. The molecule has 1 unspecified atom stereocenters. The van der Waals surface area contributed by atoms with Gasteiger partial charge in [0, 0.05) is 12.9 Å². The van der Waals surface area contributed by atoms with Crippen LogP contribution < -0.4 is 0 Å². The molecule has 3 nitrogen and oxygen atoms in total. The molecule has 0 spiro atoms. The van der Waals surface area contributed by atoms with E-state index in [-0.39, 0.29) is 5.75 Å². The van der Waals surface area contributed by atoms with E-state index in [2.05, 4.69) is 57.3 Å². The molecule has 0 heterocycles. The first-order valence-electron chi connectivity index (χ1n) is 4.37. The summed E-state index contributed by atoms with van der Waals surface area (Å²) in [6.07, 6.45) is 0.507. The van der Waals surface area contributed by atoms with Crippen LogP contribution in [0, 0.1) is 18.5 Å². The van der Waals surface area contributed by atoms with E-state index >= 15 is 0 Å². The van der Waals surface area contributed by atoms with Gasteiger partial charge in [-0.2, -0.15) is 5.26 Å². The summed E-state index contributed by atoms with van der Waals surface area (Å²) in [6, 6.07) is 8.28. The Balaban J connectivity index is 0.000000385. The van der Waals surface area contributed by atoms with Crippen molar-refractivity contribution in [3.8, 4) is 6.07 Å². The fourth-order valence-electron chi connectivity index (χ4n) is 0.804. The Labute approximate surface area is 125 Å². The van der Waals surface area contributed by atoms with Crippen LogP contribution in [-0.2, 0) is 17.5 Å². The molecule has 0 aliphatic carbocycles. The third kappa shape index (κ3) is 8.43. The molecule has 1 atom stereocenters. The minimum atomic E-state index is -1.82. The van der Waals surface area contributed by atoms with E-state index in [4.69, 9.17) is 5.26 Å². The standard InChI is InChI=1S/C8H5I2N.C2H6O2S/c9-7-3-6(1-2-11)4-8(10)5-7;1-2-5(3)4/h3-5H,1H2;2H2,1H3,(H,3,4)/p-1. The van der Waals surface area contributed by atoms with Crippen LogP contribution >= 0.6 is 45.2 Å². The lowest BCUT2D eigenvalue weighted by atomic mass is 10.2. The second-order valence-corrected chi connectivity index (χ2v) is 6.38. The normalized spacial score (nSPS) is 10.9. The van der Waals surface area contributed by atoms with Gasteiger partial charge in [0.1, 0.15) is 0 Å². The molecule has 0 amide bonds. The zero-order valence-electron chi connectivity index (χ0n) is 8.57. The highest BCUT2D eigenvalue weighted by molar-refractivity contribution is 14.1. The number of rotatable bonds is 2. The summed E-state index contributed by atoms with van der Waals surface area (Å²) in [5.41, 5.74) is 1.10. The molecule has 88 valence electrons. The van der Waals surface area contributed by atoms with Crippen LogP contribution in [0.4, 0.5) is 0 Å². The molecule has 6 heteroatoms. The fraction of sp³-hybridized carbons (Fsp3) is 0.300. The van der Waals surface area contributed by atoms with E-state index in [9.17, 15) is 8.76 Å². The van der Waals surface area contributed by atoms with Crippen LogP contribution in [0.5, 0.6) is 0 Å². The molecule has 0 aliphatic rings. The van der Waals surface area contributed by atoms with Crippen molar-refractivity contribution in [3.63, 3.8) is 0 Å². The fourth-order valence-corrected chi connectivity index (χ4v) is 2.87. The molecular weight excluding hydrogens is 452 g/mol. The second-order valence-electron chi connectivity index (χ2n) is 2.71. The number of hydrogen-bond acceptors (Lipinski definition) is 3. The third-order valence-corrected chi connectivity index (χ3v) is 3.16. The van der Waals surface area contributed by atoms with Gasteiger partial charge in [-0.15, -0.1) is 0 Å². The Morgan fingerprint density at radius 1 is 1.38 bits per heavy atom. The van der Waals surface area contributed by atoms with Crippen molar-refractivity contribution in [3.05, 3.63) is 30.9 Å². The highest BCUT2D eigenvalue weighted by Crippen LogP contribution is 2.14. The third-order valence-electron chi connectivity index (χ3n) is 1.44. The van der Waals surface area contributed by atoms with E-state index in [0.29, 0.717) is 6.42 Å². The van der Waals surface area contributed by atoms with E-state index in [1.807, 2.05) is 12.1 Å². The number of halogens is 2. The maximum absolute atomic E-state index is 9.37. The first kappa shape index (κ1) is 16.3.